The molecule has 0 atom stereocenters. The summed E-state index contributed by atoms with van der Waals surface area (Å²) in [6, 6.07) is 0. The molecule has 0 radical (unpaired) electrons. The Hall–Kier alpha value is -1.18. The van der Waals surface area contributed by atoms with E-state index in [1.807, 2.05) is 13.8 Å². The predicted molar refractivity (Wildman–Crippen MR) is 58.5 cm³/mol. The predicted octanol–water partition coefficient (Wildman–Crippen LogP) is 2.74. The van der Waals surface area contributed by atoms with Crippen LogP contribution in [0.5, 0.6) is 0 Å². The van der Waals surface area contributed by atoms with E-state index in [4.69, 9.17) is 0 Å². The summed E-state index contributed by atoms with van der Waals surface area (Å²) in [5, 5.41) is 0. The Morgan fingerprint density at radius 2 is 1.20 bits per heavy atom. The van der Waals surface area contributed by atoms with Gasteiger partial charge in [0.05, 0.1) is 0 Å². The number of hydrogen-bond acceptors (Lipinski definition) is 2. The maximum atomic E-state index is 11.6. The molecule has 0 heterocycles. The van der Waals surface area contributed by atoms with Crippen LogP contribution in [0.25, 0.3) is 0 Å². The Morgan fingerprint density at radius 3 is 1.47 bits per heavy atom. The zero-order valence-corrected chi connectivity index (χ0v) is 9.35. The van der Waals surface area contributed by atoms with E-state index >= 15 is 0 Å². The fourth-order valence-corrected chi connectivity index (χ4v) is 2.36. The average molecular weight is 204 g/mol. The number of allylic oxidation sites excluding steroid dienone is 4. The van der Waals surface area contributed by atoms with E-state index in [9.17, 15) is 9.59 Å². The normalized spacial score (nSPS) is 22.3. The maximum absolute atomic E-state index is 11.6. The third-order valence-electron chi connectivity index (χ3n) is 3.51. The highest BCUT2D eigenvalue weighted by molar-refractivity contribution is 6.04. The van der Waals surface area contributed by atoms with Gasteiger partial charge in [-0.3, -0.25) is 9.59 Å². The molecule has 0 fully saturated rings. The number of ketones is 2. The van der Waals surface area contributed by atoms with Gasteiger partial charge in [0.1, 0.15) is 0 Å². The Bertz CT molecular complexity index is 359. The van der Waals surface area contributed by atoms with Crippen molar-refractivity contribution in [1.82, 2.24) is 0 Å². The summed E-state index contributed by atoms with van der Waals surface area (Å²) in [5.41, 5.74) is 4.17. The molecule has 0 spiro atoms. The van der Waals surface area contributed by atoms with Gasteiger partial charge in [0.2, 0.25) is 0 Å². The number of Topliss-reactive ketones (excluding diaryl/α,β-unsaturated/α-hetero) is 2. The van der Waals surface area contributed by atoms with Crippen LogP contribution in [0.1, 0.15) is 46.0 Å². The minimum Gasteiger partial charge on any atom is -0.295 e. The minimum atomic E-state index is 0.243. The van der Waals surface area contributed by atoms with Crippen molar-refractivity contribution in [2.45, 2.75) is 46.0 Å². The quantitative estimate of drug-likeness (QED) is 0.693. The third kappa shape index (κ3) is 1.81. The second kappa shape index (κ2) is 3.76. The van der Waals surface area contributed by atoms with Crippen LogP contribution in [0.2, 0.25) is 0 Å². The van der Waals surface area contributed by atoms with Gasteiger partial charge < -0.3 is 0 Å². The van der Waals surface area contributed by atoms with E-state index in [1.54, 1.807) is 0 Å². The molecule has 2 rings (SSSR count). The Kier molecular flexibility index (Phi) is 2.59. The van der Waals surface area contributed by atoms with Crippen LogP contribution in [0, 0.1) is 0 Å². The number of carbonyl (C=O) groups excluding carboxylic acids is 2. The van der Waals surface area contributed by atoms with Crippen LogP contribution in [0.4, 0.5) is 0 Å². The second-order valence-corrected chi connectivity index (χ2v) is 4.54. The van der Waals surface area contributed by atoms with Gasteiger partial charge in [-0.25, -0.2) is 0 Å². The summed E-state index contributed by atoms with van der Waals surface area (Å²) in [6.45, 7) is 4.02. The molecule has 0 aromatic heterocycles. The van der Waals surface area contributed by atoms with Crippen LogP contribution in [-0.4, -0.2) is 11.6 Å². The first-order valence-corrected chi connectivity index (χ1v) is 5.53. The van der Waals surface area contributed by atoms with Gasteiger partial charge in [-0.1, -0.05) is 11.1 Å². The molecule has 0 amide bonds. The van der Waals surface area contributed by atoms with E-state index < -0.39 is 0 Å². The molecular weight excluding hydrogens is 188 g/mol. The van der Waals surface area contributed by atoms with E-state index in [1.165, 1.54) is 11.1 Å². The van der Waals surface area contributed by atoms with E-state index in [2.05, 4.69) is 0 Å². The van der Waals surface area contributed by atoms with Crippen LogP contribution in [0.15, 0.2) is 22.3 Å². The van der Waals surface area contributed by atoms with Crippen LogP contribution in [-0.2, 0) is 9.59 Å². The molecule has 0 aromatic carbocycles. The zero-order chi connectivity index (χ0) is 11.0. The molecule has 80 valence electrons. The summed E-state index contributed by atoms with van der Waals surface area (Å²) in [6.07, 6.45) is 3.64. The van der Waals surface area contributed by atoms with Gasteiger partial charge in [0.15, 0.2) is 11.6 Å². The first kappa shape index (κ1) is 10.3. The van der Waals surface area contributed by atoms with Crippen molar-refractivity contribution in [3.05, 3.63) is 22.3 Å². The Balaban J connectivity index is 2.22. The molecule has 2 aliphatic rings. The van der Waals surface area contributed by atoms with Crippen molar-refractivity contribution in [2.75, 3.05) is 0 Å². The van der Waals surface area contributed by atoms with Gasteiger partial charge in [-0.05, 0) is 37.8 Å². The molecule has 0 unspecified atom stereocenters. The fraction of sp³-hybridized carbons (Fsp3) is 0.538. The molecule has 0 aliphatic heterocycles. The third-order valence-corrected chi connectivity index (χ3v) is 3.51. The summed E-state index contributed by atoms with van der Waals surface area (Å²) in [7, 11) is 0. The van der Waals surface area contributed by atoms with Gasteiger partial charge in [-0.15, -0.1) is 0 Å². The molecule has 0 aromatic rings. The highest BCUT2D eigenvalue weighted by Crippen LogP contribution is 2.32. The van der Waals surface area contributed by atoms with Crippen molar-refractivity contribution in [3.8, 4) is 0 Å². The van der Waals surface area contributed by atoms with Gasteiger partial charge in [0, 0.05) is 19.3 Å². The van der Waals surface area contributed by atoms with Crippen molar-refractivity contribution in [2.24, 2.45) is 0 Å². The van der Waals surface area contributed by atoms with E-state index in [-0.39, 0.29) is 11.6 Å². The highest BCUT2D eigenvalue weighted by Gasteiger charge is 2.26. The lowest BCUT2D eigenvalue weighted by Crippen LogP contribution is -2.03. The Morgan fingerprint density at radius 1 is 0.800 bits per heavy atom. The molecule has 2 heteroatoms. The average Bonchev–Trinajstić information content (AvgIpc) is 2.67. The molecular formula is C13H16O2. The lowest BCUT2D eigenvalue weighted by molar-refractivity contribution is -0.115. The molecule has 0 saturated heterocycles. The summed E-state index contributed by atoms with van der Waals surface area (Å²) < 4.78 is 0. The molecule has 2 nitrogen and oxygen atoms in total. The second-order valence-electron chi connectivity index (χ2n) is 4.54. The lowest BCUT2D eigenvalue weighted by Gasteiger charge is -2.04. The summed E-state index contributed by atoms with van der Waals surface area (Å²) >= 11 is 0. The number of carbonyl (C=O) groups is 2. The topological polar surface area (TPSA) is 34.1 Å². The van der Waals surface area contributed by atoms with Crippen molar-refractivity contribution >= 4 is 11.6 Å². The molecule has 0 saturated carbocycles. The van der Waals surface area contributed by atoms with Gasteiger partial charge in [-0.2, -0.15) is 0 Å². The molecule has 15 heavy (non-hydrogen) atoms. The lowest BCUT2D eigenvalue weighted by atomic mass is 9.99. The molecule has 0 N–H and O–H groups in total. The Labute approximate surface area is 90.1 Å². The summed E-state index contributed by atoms with van der Waals surface area (Å²) in [4.78, 5) is 23.2. The van der Waals surface area contributed by atoms with Gasteiger partial charge >= 0.3 is 0 Å². The van der Waals surface area contributed by atoms with E-state index in [0.717, 1.165) is 24.0 Å². The van der Waals surface area contributed by atoms with Crippen molar-refractivity contribution < 1.29 is 9.59 Å². The van der Waals surface area contributed by atoms with Crippen molar-refractivity contribution in [1.29, 1.82) is 0 Å². The van der Waals surface area contributed by atoms with Crippen LogP contribution < -0.4 is 0 Å². The SMILES string of the molecule is CC1=C(CC2=C(C)CCC2=O)C(=O)CC1. The number of hydrogen-bond donors (Lipinski definition) is 0. The molecule has 0 bridgehead atoms. The smallest absolute Gasteiger partial charge is 0.159 e. The summed E-state index contributed by atoms with van der Waals surface area (Å²) in [5.74, 6) is 0.486. The van der Waals surface area contributed by atoms with E-state index in [0.29, 0.717) is 19.3 Å². The number of rotatable bonds is 2. The zero-order valence-electron chi connectivity index (χ0n) is 9.35. The largest absolute Gasteiger partial charge is 0.295 e. The molecule has 2 aliphatic carbocycles. The fourth-order valence-electron chi connectivity index (χ4n) is 2.36. The minimum absolute atomic E-state index is 0.243. The monoisotopic (exact) mass is 204 g/mol. The van der Waals surface area contributed by atoms with Crippen LogP contribution >= 0.6 is 0 Å². The maximum Gasteiger partial charge on any atom is 0.159 e. The van der Waals surface area contributed by atoms with Crippen LogP contribution in [0.3, 0.4) is 0 Å². The van der Waals surface area contributed by atoms with Crippen molar-refractivity contribution in [3.63, 3.8) is 0 Å². The highest BCUT2D eigenvalue weighted by atomic mass is 16.1. The first-order chi connectivity index (χ1) is 7.09. The standard InChI is InChI=1S/C13H16O2/c1-8-3-5-12(14)10(8)7-11-9(2)4-6-13(11)15/h3-7H2,1-2H3. The first-order valence-electron chi connectivity index (χ1n) is 5.53. The van der Waals surface area contributed by atoms with Gasteiger partial charge in [0.25, 0.3) is 0 Å².